The van der Waals surface area contributed by atoms with Gasteiger partial charge in [0.1, 0.15) is 0 Å². The van der Waals surface area contributed by atoms with Gasteiger partial charge in [0.05, 0.1) is 5.92 Å². The lowest BCUT2D eigenvalue weighted by atomic mass is 9.86. The fourth-order valence-corrected chi connectivity index (χ4v) is 3.17. The maximum Gasteiger partial charge on any atom is 0.315 e. The first-order chi connectivity index (χ1) is 9.15. The quantitative estimate of drug-likeness (QED) is 0.730. The summed E-state index contributed by atoms with van der Waals surface area (Å²) in [6.45, 7) is 0.774. The van der Waals surface area contributed by atoms with Crippen molar-refractivity contribution in [2.75, 3.05) is 6.54 Å². The van der Waals surface area contributed by atoms with E-state index in [1.807, 2.05) is 0 Å². The van der Waals surface area contributed by atoms with Crippen LogP contribution < -0.4 is 10.6 Å². The summed E-state index contributed by atoms with van der Waals surface area (Å²) in [6, 6.07) is 0.0462. The summed E-state index contributed by atoms with van der Waals surface area (Å²) in [5.41, 5.74) is 0. The van der Waals surface area contributed by atoms with Crippen LogP contribution in [0.5, 0.6) is 0 Å². The van der Waals surface area contributed by atoms with Crippen molar-refractivity contribution < 1.29 is 14.7 Å². The van der Waals surface area contributed by atoms with E-state index in [0.717, 1.165) is 19.4 Å². The molecule has 0 aromatic rings. The Labute approximate surface area is 114 Å². The molecular weight excluding hydrogens is 244 g/mol. The Balaban J connectivity index is 1.61. The zero-order valence-electron chi connectivity index (χ0n) is 11.4. The molecule has 2 saturated carbocycles. The number of amides is 2. The molecule has 2 rings (SSSR count). The summed E-state index contributed by atoms with van der Waals surface area (Å²) in [4.78, 5) is 22.6. The van der Waals surface area contributed by atoms with Crippen molar-refractivity contribution in [2.24, 2.45) is 11.8 Å². The molecule has 0 aliphatic heterocycles. The summed E-state index contributed by atoms with van der Waals surface area (Å²) in [6.07, 6.45) is 7.90. The van der Waals surface area contributed by atoms with E-state index >= 15 is 0 Å². The van der Waals surface area contributed by atoms with E-state index in [1.165, 1.54) is 25.7 Å². The van der Waals surface area contributed by atoms with Gasteiger partial charge < -0.3 is 15.7 Å². The third-order valence-corrected chi connectivity index (χ3v) is 4.44. The third kappa shape index (κ3) is 4.40. The van der Waals surface area contributed by atoms with Crippen molar-refractivity contribution in [3.05, 3.63) is 0 Å². The number of hydrogen-bond acceptors (Lipinski definition) is 2. The molecule has 2 amide bonds. The first-order valence-corrected chi connectivity index (χ1v) is 7.42. The summed E-state index contributed by atoms with van der Waals surface area (Å²) in [7, 11) is 0. The third-order valence-electron chi connectivity index (χ3n) is 4.44. The van der Waals surface area contributed by atoms with E-state index < -0.39 is 5.97 Å². The highest BCUT2D eigenvalue weighted by atomic mass is 16.4. The van der Waals surface area contributed by atoms with Crippen LogP contribution in [0.2, 0.25) is 0 Å². The number of aliphatic carboxylic acids is 1. The molecule has 0 spiro atoms. The molecule has 0 aromatic carbocycles. The van der Waals surface area contributed by atoms with E-state index in [9.17, 15) is 9.59 Å². The van der Waals surface area contributed by atoms with Crippen molar-refractivity contribution in [1.29, 1.82) is 0 Å². The molecule has 3 N–H and O–H groups in total. The van der Waals surface area contributed by atoms with E-state index in [0.29, 0.717) is 18.8 Å². The van der Waals surface area contributed by atoms with Crippen LogP contribution in [0.1, 0.15) is 51.4 Å². The van der Waals surface area contributed by atoms with Gasteiger partial charge >= 0.3 is 12.0 Å². The van der Waals surface area contributed by atoms with Crippen molar-refractivity contribution in [3.8, 4) is 0 Å². The topological polar surface area (TPSA) is 78.4 Å². The molecule has 2 aliphatic rings. The minimum Gasteiger partial charge on any atom is -0.481 e. The Morgan fingerprint density at radius 1 is 1.00 bits per heavy atom. The number of nitrogens with one attached hydrogen (secondary N) is 2. The van der Waals surface area contributed by atoms with Crippen LogP contribution >= 0.6 is 0 Å². The first kappa shape index (κ1) is 14.2. The number of urea groups is 1. The lowest BCUT2D eigenvalue weighted by Gasteiger charge is -2.27. The number of hydrogen-bond donors (Lipinski definition) is 3. The lowest BCUT2D eigenvalue weighted by Crippen LogP contribution is -2.45. The predicted octanol–water partition coefficient (Wildman–Crippen LogP) is 2.12. The van der Waals surface area contributed by atoms with Crippen molar-refractivity contribution in [1.82, 2.24) is 10.6 Å². The van der Waals surface area contributed by atoms with Crippen LogP contribution in [0.3, 0.4) is 0 Å². The molecule has 5 heteroatoms. The first-order valence-electron chi connectivity index (χ1n) is 7.42. The highest BCUT2D eigenvalue weighted by Gasteiger charge is 2.26. The van der Waals surface area contributed by atoms with Gasteiger partial charge in [-0.1, -0.05) is 12.8 Å². The smallest absolute Gasteiger partial charge is 0.315 e. The molecule has 19 heavy (non-hydrogen) atoms. The number of carboxylic acid groups (broad SMARTS) is 1. The molecule has 0 unspecified atom stereocenters. The van der Waals surface area contributed by atoms with Gasteiger partial charge in [-0.25, -0.2) is 4.79 Å². The van der Waals surface area contributed by atoms with Crippen molar-refractivity contribution in [3.63, 3.8) is 0 Å². The minimum absolute atomic E-state index is 0.0920. The molecule has 0 heterocycles. The fourth-order valence-electron chi connectivity index (χ4n) is 3.17. The summed E-state index contributed by atoms with van der Waals surface area (Å²) < 4.78 is 0. The molecular formula is C14H24N2O3. The molecule has 5 nitrogen and oxygen atoms in total. The van der Waals surface area contributed by atoms with Crippen LogP contribution in [0, 0.1) is 11.8 Å². The standard InChI is InChI=1S/C14H24N2O3/c17-13(18)11-5-7-12(8-6-11)16-14(19)15-9-10-3-1-2-4-10/h10-12H,1-9H2,(H,17,18)(H2,15,16,19). The van der Waals surface area contributed by atoms with Gasteiger partial charge in [-0.15, -0.1) is 0 Å². The molecule has 0 radical (unpaired) electrons. The summed E-state index contributed by atoms with van der Waals surface area (Å²) in [5, 5.41) is 14.8. The van der Waals surface area contributed by atoms with Crippen LogP contribution in [-0.4, -0.2) is 29.7 Å². The second-order valence-electron chi connectivity index (χ2n) is 5.89. The Hall–Kier alpha value is -1.26. The van der Waals surface area contributed by atoms with Gasteiger partial charge in [0, 0.05) is 12.6 Å². The van der Waals surface area contributed by atoms with E-state index in [4.69, 9.17) is 5.11 Å². The zero-order valence-corrected chi connectivity index (χ0v) is 11.4. The molecule has 0 bridgehead atoms. The molecule has 2 fully saturated rings. The fraction of sp³-hybridized carbons (Fsp3) is 0.857. The van der Waals surface area contributed by atoms with Crippen LogP contribution in [0.25, 0.3) is 0 Å². The largest absolute Gasteiger partial charge is 0.481 e. The zero-order chi connectivity index (χ0) is 13.7. The Morgan fingerprint density at radius 3 is 2.21 bits per heavy atom. The average molecular weight is 268 g/mol. The van der Waals surface area contributed by atoms with E-state index in [-0.39, 0.29) is 18.0 Å². The summed E-state index contributed by atoms with van der Waals surface area (Å²) in [5.74, 6) is -0.280. The van der Waals surface area contributed by atoms with Crippen molar-refractivity contribution in [2.45, 2.75) is 57.4 Å². The number of carbonyl (C=O) groups excluding carboxylic acids is 1. The van der Waals surface area contributed by atoms with Crippen molar-refractivity contribution >= 4 is 12.0 Å². The molecule has 0 atom stereocenters. The van der Waals surface area contributed by atoms with Crippen LogP contribution in [0.15, 0.2) is 0 Å². The van der Waals surface area contributed by atoms with Crippen LogP contribution in [0.4, 0.5) is 4.79 Å². The second kappa shape index (κ2) is 6.78. The van der Waals surface area contributed by atoms with Gasteiger partial charge in [0.25, 0.3) is 0 Å². The Kier molecular flexibility index (Phi) is 5.05. The molecule has 108 valence electrons. The highest BCUT2D eigenvalue weighted by molar-refractivity contribution is 5.74. The van der Waals surface area contributed by atoms with Gasteiger partial charge in [0.15, 0.2) is 0 Å². The molecule has 2 aliphatic carbocycles. The monoisotopic (exact) mass is 268 g/mol. The number of rotatable bonds is 4. The van der Waals surface area contributed by atoms with Gasteiger partial charge in [-0.3, -0.25) is 4.79 Å². The summed E-state index contributed by atoms with van der Waals surface area (Å²) >= 11 is 0. The second-order valence-corrected chi connectivity index (χ2v) is 5.89. The molecule has 0 saturated heterocycles. The predicted molar refractivity (Wildman–Crippen MR) is 71.9 cm³/mol. The maximum atomic E-state index is 11.7. The van der Waals surface area contributed by atoms with E-state index in [2.05, 4.69) is 10.6 Å². The van der Waals surface area contributed by atoms with Gasteiger partial charge in [-0.2, -0.15) is 0 Å². The maximum absolute atomic E-state index is 11.7. The normalized spacial score (nSPS) is 28.0. The van der Waals surface area contributed by atoms with Gasteiger partial charge in [-0.05, 0) is 44.4 Å². The van der Waals surface area contributed by atoms with Gasteiger partial charge in [0.2, 0.25) is 0 Å². The number of carboxylic acids is 1. The van der Waals surface area contributed by atoms with Crippen LogP contribution in [-0.2, 0) is 4.79 Å². The number of carbonyl (C=O) groups is 2. The molecule has 0 aromatic heterocycles. The Bertz CT molecular complexity index is 319. The average Bonchev–Trinajstić information content (AvgIpc) is 2.90. The SMILES string of the molecule is O=C(NCC1CCCC1)NC1CCC(C(=O)O)CC1. The lowest BCUT2D eigenvalue weighted by molar-refractivity contribution is -0.142. The Morgan fingerprint density at radius 2 is 1.63 bits per heavy atom. The van der Waals surface area contributed by atoms with E-state index in [1.54, 1.807) is 0 Å². The minimum atomic E-state index is -0.705. The highest BCUT2D eigenvalue weighted by Crippen LogP contribution is 2.25.